The fraction of sp³-hybridized carbons (Fsp3) is 0.100. The standard InChI is InChI=1S/C20H15Cl2FN2O3/c1-27-17-7-2-12(10-16(17)23)11-25-19(26)18-15(22)8-9-24-20(18)28-14-5-3-13(21)4-6-14/h2-10H,11H2,1H3,(H,25,26). The van der Waals surface area contributed by atoms with Crippen LogP contribution in [0.3, 0.4) is 0 Å². The number of methoxy groups -OCH3 is 1. The fourth-order valence-corrected chi connectivity index (χ4v) is 2.76. The van der Waals surface area contributed by atoms with E-state index in [0.717, 1.165) is 0 Å². The molecular formula is C20H15Cl2FN2O3. The number of nitrogens with zero attached hydrogens (tertiary/aromatic N) is 1. The van der Waals surface area contributed by atoms with Crippen LogP contribution in [-0.4, -0.2) is 18.0 Å². The van der Waals surface area contributed by atoms with E-state index in [-0.39, 0.29) is 28.8 Å². The Morgan fingerprint density at radius 2 is 1.89 bits per heavy atom. The fourth-order valence-electron chi connectivity index (χ4n) is 2.41. The zero-order chi connectivity index (χ0) is 20.1. The van der Waals surface area contributed by atoms with Crippen molar-refractivity contribution in [2.45, 2.75) is 6.54 Å². The molecule has 3 rings (SSSR count). The summed E-state index contributed by atoms with van der Waals surface area (Å²) in [7, 11) is 1.38. The Morgan fingerprint density at radius 1 is 1.14 bits per heavy atom. The summed E-state index contributed by atoms with van der Waals surface area (Å²) in [5, 5.41) is 3.41. The first-order valence-corrected chi connectivity index (χ1v) is 8.92. The Balaban J connectivity index is 1.77. The smallest absolute Gasteiger partial charge is 0.258 e. The van der Waals surface area contributed by atoms with Gasteiger partial charge < -0.3 is 14.8 Å². The lowest BCUT2D eigenvalue weighted by Crippen LogP contribution is -2.24. The molecular weight excluding hydrogens is 406 g/mol. The van der Waals surface area contributed by atoms with Crippen molar-refractivity contribution < 1.29 is 18.7 Å². The average Bonchev–Trinajstić information content (AvgIpc) is 2.68. The summed E-state index contributed by atoms with van der Waals surface area (Å²) >= 11 is 12.0. The summed E-state index contributed by atoms with van der Waals surface area (Å²) in [5.74, 6) is -0.388. The van der Waals surface area contributed by atoms with Crippen LogP contribution in [0.15, 0.2) is 54.7 Å². The molecule has 28 heavy (non-hydrogen) atoms. The number of aromatic nitrogens is 1. The Hall–Kier alpha value is -2.83. The topological polar surface area (TPSA) is 60.5 Å². The molecule has 0 bridgehead atoms. The molecule has 0 radical (unpaired) electrons. The normalized spacial score (nSPS) is 10.4. The number of halogens is 3. The number of nitrogens with one attached hydrogen (secondary N) is 1. The third-order valence-corrected chi connectivity index (χ3v) is 4.36. The maximum absolute atomic E-state index is 13.8. The van der Waals surface area contributed by atoms with Crippen LogP contribution >= 0.6 is 23.2 Å². The minimum Gasteiger partial charge on any atom is -0.494 e. The van der Waals surface area contributed by atoms with Crippen LogP contribution in [0.5, 0.6) is 17.4 Å². The molecule has 0 aliphatic heterocycles. The van der Waals surface area contributed by atoms with Crippen LogP contribution in [0.25, 0.3) is 0 Å². The van der Waals surface area contributed by atoms with Crippen molar-refractivity contribution in [3.05, 3.63) is 81.7 Å². The lowest BCUT2D eigenvalue weighted by atomic mass is 10.2. The van der Waals surface area contributed by atoms with Gasteiger partial charge in [0.15, 0.2) is 11.6 Å². The van der Waals surface area contributed by atoms with Gasteiger partial charge in [-0.1, -0.05) is 29.3 Å². The highest BCUT2D eigenvalue weighted by molar-refractivity contribution is 6.34. The van der Waals surface area contributed by atoms with E-state index < -0.39 is 11.7 Å². The van der Waals surface area contributed by atoms with Crippen LogP contribution < -0.4 is 14.8 Å². The van der Waals surface area contributed by atoms with Crippen molar-refractivity contribution in [1.82, 2.24) is 10.3 Å². The zero-order valence-electron chi connectivity index (χ0n) is 14.7. The second-order valence-corrected chi connectivity index (χ2v) is 6.52. The Bertz CT molecular complexity index is 997. The van der Waals surface area contributed by atoms with Gasteiger partial charge in [-0.25, -0.2) is 9.37 Å². The Kier molecular flexibility index (Phi) is 6.34. The number of carbonyl (C=O) groups excluding carboxylic acids is 1. The van der Waals surface area contributed by atoms with Gasteiger partial charge in [0.25, 0.3) is 5.91 Å². The summed E-state index contributed by atoms with van der Waals surface area (Å²) in [6.45, 7) is 0.0886. The summed E-state index contributed by atoms with van der Waals surface area (Å²) in [6, 6.07) is 12.5. The average molecular weight is 421 g/mol. The van der Waals surface area contributed by atoms with E-state index in [2.05, 4.69) is 10.3 Å². The number of amides is 1. The zero-order valence-corrected chi connectivity index (χ0v) is 16.2. The molecule has 5 nitrogen and oxygen atoms in total. The van der Waals surface area contributed by atoms with Crippen molar-refractivity contribution in [3.8, 4) is 17.4 Å². The van der Waals surface area contributed by atoms with E-state index in [0.29, 0.717) is 16.3 Å². The molecule has 1 aromatic heterocycles. The first-order valence-electron chi connectivity index (χ1n) is 8.16. The molecule has 144 valence electrons. The van der Waals surface area contributed by atoms with Crippen molar-refractivity contribution in [3.63, 3.8) is 0 Å². The number of carbonyl (C=O) groups is 1. The van der Waals surface area contributed by atoms with Gasteiger partial charge in [0, 0.05) is 17.8 Å². The number of benzene rings is 2. The predicted molar refractivity (Wildman–Crippen MR) is 105 cm³/mol. The van der Waals surface area contributed by atoms with Gasteiger partial charge in [-0.2, -0.15) is 0 Å². The SMILES string of the molecule is COc1ccc(CNC(=O)c2c(Cl)ccnc2Oc2ccc(Cl)cc2)cc1F. The maximum Gasteiger partial charge on any atom is 0.258 e. The lowest BCUT2D eigenvalue weighted by molar-refractivity contribution is 0.0948. The third kappa shape index (κ3) is 4.71. The molecule has 1 amide bonds. The van der Waals surface area contributed by atoms with Gasteiger partial charge >= 0.3 is 0 Å². The molecule has 3 aromatic rings. The summed E-state index contributed by atoms with van der Waals surface area (Å²) in [4.78, 5) is 16.7. The van der Waals surface area contributed by atoms with E-state index in [9.17, 15) is 9.18 Å². The molecule has 8 heteroatoms. The number of ether oxygens (including phenoxy) is 2. The monoisotopic (exact) mass is 420 g/mol. The number of hydrogen-bond donors (Lipinski definition) is 1. The molecule has 0 saturated carbocycles. The number of hydrogen-bond acceptors (Lipinski definition) is 4. The van der Waals surface area contributed by atoms with Crippen molar-refractivity contribution >= 4 is 29.1 Å². The van der Waals surface area contributed by atoms with Crippen LogP contribution in [0.4, 0.5) is 4.39 Å². The molecule has 2 aromatic carbocycles. The Labute approximate surface area is 171 Å². The van der Waals surface area contributed by atoms with Gasteiger partial charge in [0.1, 0.15) is 11.3 Å². The highest BCUT2D eigenvalue weighted by Crippen LogP contribution is 2.29. The van der Waals surface area contributed by atoms with Crippen LogP contribution in [-0.2, 0) is 6.54 Å². The van der Waals surface area contributed by atoms with E-state index in [4.69, 9.17) is 32.7 Å². The predicted octanol–water partition coefficient (Wildman–Crippen LogP) is 5.26. The highest BCUT2D eigenvalue weighted by atomic mass is 35.5. The number of pyridine rings is 1. The van der Waals surface area contributed by atoms with Gasteiger partial charge in [-0.05, 0) is 48.0 Å². The summed E-state index contributed by atoms with van der Waals surface area (Å²) in [6.07, 6.45) is 1.43. The molecule has 0 saturated heterocycles. The van der Waals surface area contributed by atoms with E-state index in [1.807, 2.05) is 0 Å². The minimum atomic E-state index is -0.514. The first-order chi connectivity index (χ1) is 13.5. The van der Waals surface area contributed by atoms with Crippen LogP contribution in [0.1, 0.15) is 15.9 Å². The highest BCUT2D eigenvalue weighted by Gasteiger charge is 2.19. The molecule has 0 fully saturated rings. The van der Waals surface area contributed by atoms with E-state index >= 15 is 0 Å². The summed E-state index contributed by atoms with van der Waals surface area (Å²) in [5.41, 5.74) is 0.639. The molecule has 0 spiro atoms. The van der Waals surface area contributed by atoms with Crippen molar-refractivity contribution in [2.24, 2.45) is 0 Å². The van der Waals surface area contributed by atoms with E-state index in [1.54, 1.807) is 30.3 Å². The lowest BCUT2D eigenvalue weighted by Gasteiger charge is -2.12. The molecule has 1 N–H and O–H groups in total. The van der Waals surface area contributed by atoms with Gasteiger partial charge in [0.2, 0.25) is 5.88 Å². The Morgan fingerprint density at radius 3 is 2.57 bits per heavy atom. The quantitative estimate of drug-likeness (QED) is 0.590. The second-order valence-electron chi connectivity index (χ2n) is 5.68. The first kappa shape index (κ1) is 19.9. The summed E-state index contributed by atoms with van der Waals surface area (Å²) < 4.78 is 24.4. The van der Waals surface area contributed by atoms with Crippen LogP contribution in [0.2, 0.25) is 10.0 Å². The van der Waals surface area contributed by atoms with Crippen molar-refractivity contribution in [1.29, 1.82) is 0 Å². The van der Waals surface area contributed by atoms with Gasteiger partial charge in [0.05, 0.1) is 12.1 Å². The molecule has 0 aliphatic rings. The van der Waals surface area contributed by atoms with Gasteiger partial charge in [-0.3, -0.25) is 4.79 Å². The third-order valence-electron chi connectivity index (χ3n) is 3.79. The molecule has 0 unspecified atom stereocenters. The van der Waals surface area contributed by atoms with Crippen LogP contribution in [0, 0.1) is 5.82 Å². The second kappa shape index (κ2) is 8.91. The largest absolute Gasteiger partial charge is 0.494 e. The molecule has 0 aliphatic carbocycles. The minimum absolute atomic E-state index is 0.0493. The van der Waals surface area contributed by atoms with Crippen molar-refractivity contribution in [2.75, 3.05) is 7.11 Å². The number of rotatable bonds is 6. The molecule has 0 atom stereocenters. The van der Waals surface area contributed by atoms with E-state index in [1.165, 1.54) is 31.5 Å². The molecule has 1 heterocycles. The van der Waals surface area contributed by atoms with Gasteiger partial charge in [-0.15, -0.1) is 0 Å². The maximum atomic E-state index is 13.8.